The minimum atomic E-state index is -0.269. The molecule has 2 N–H and O–H groups in total. The summed E-state index contributed by atoms with van der Waals surface area (Å²) >= 11 is 0. The van der Waals surface area contributed by atoms with E-state index in [1.165, 1.54) is 23.6 Å². The van der Waals surface area contributed by atoms with E-state index in [0.29, 0.717) is 66.7 Å². The minimum Gasteiger partial charge on any atom is -0.340 e. The highest BCUT2D eigenvalue weighted by Gasteiger charge is 2.56. The largest absolute Gasteiger partial charge is 0.340 e. The summed E-state index contributed by atoms with van der Waals surface area (Å²) < 4.78 is 14.8. The Bertz CT molecular complexity index is 1500. The van der Waals surface area contributed by atoms with Crippen LogP contribution < -0.4 is 10.9 Å². The van der Waals surface area contributed by atoms with Crippen molar-refractivity contribution >= 4 is 22.5 Å². The van der Waals surface area contributed by atoms with Gasteiger partial charge in [0.1, 0.15) is 5.82 Å². The fourth-order valence-corrected chi connectivity index (χ4v) is 7.21. The van der Waals surface area contributed by atoms with Crippen molar-refractivity contribution in [2.75, 3.05) is 25.0 Å². The van der Waals surface area contributed by atoms with Gasteiger partial charge in [0.25, 0.3) is 5.56 Å². The zero-order valence-corrected chi connectivity index (χ0v) is 24.4. The lowest BCUT2D eigenvalue weighted by atomic mass is 9.45. The van der Waals surface area contributed by atoms with Gasteiger partial charge < -0.3 is 15.4 Å². The van der Waals surface area contributed by atoms with Gasteiger partial charge in [-0.3, -0.25) is 9.36 Å². The highest BCUT2D eigenvalue weighted by Crippen LogP contribution is 2.61. The van der Waals surface area contributed by atoms with E-state index in [-0.39, 0.29) is 23.5 Å². The van der Waals surface area contributed by atoms with Crippen molar-refractivity contribution in [1.29, 1.82) is 0 Å². The molecule has 7 rings (SSSR count). The lowest BCUT2D eigenvalue weighted by Gasteiger charge is -2.61. The van der Waals surface area contributed by atoms with Gasteiger partial charge in [0, 0.05) is 37.9 Å². The molecular weight excluding hydrogens is 519 g/mol. The number of guanidine groups is 1. The number of aryl methyl sites for hydroxylation is 2. The zero-order chi connectivity index (χ0) is 28.9. The van der Waals surface area contributed by atoms with E-state index < -0.39 is 0 Å². The molecule has 9 heteroatoms. The summed E-state index contributed by atoms with van der Waals surface area (Å²) in [5.41, 5.74) is 2.73. The molecule has 8 nitrogen and oxygen atoms in total. The van der Waals surface area contributed by atoms with Crippen LogP contribution in [0.1, 0.15) is 46.1 Å². The summed E-state index contributed by atoms with van der Waals surface area (Å²) in [7, 11) is 0. The number of anilines is 1. The molecule has 0 radical (unpaired) electrons. The second-order valence-electron chi connectivity index (χ2n) is 12.9. The predicted molar refractivity (Wildman–Crippen MR) is 160 cm³/mol. The van der Waals surface area contributed by atoms with Crippen LogP contribution in [0.4, 0.5) is 10.1 Å². The summed E-state index contributed by atoms with van der Waals surface area (Å²) in [6.07, 6.45) is 4.61. The van der Waals surface area contributed by atoms with Crippen LogP contribution in [0.2, 0.25) is 0 Å². The Hall–Kier alpha value is -3.30. The Kier molecular flexibility index (Phi) is 7.36. The third-order valence-electron chi connectivity index (χ3n) is 10.1. The van der Waals surface area contributed by atoms with Crippen LogP contribution in [-0.2, 0) is 13.0 Å². The van der Waals surface area contributed by atoms with E-state index >= 15 is 0 Å². The molecule has 3 aliphatic carbocycles. The Morgan fingerprint density at radius 3 is 2.63 bits per heavy atom. The van der Waals surface area contributed by atoms with Gasteiger partial charge >= 0.3 is 0 Å². The van der Waals surface area contributed by atoms with Crippen molar-refractivity contribution < 1.29 is 9.60 Å². The minimum absolute atomic E-state index is 0.00138. The van der Waals surface area contributed by atoms with Crippen molar-refractivity contribution in [3.8, 4) is 0 Å². The molecule has 1 unspecified atom stereocenters. The number of nitrogens with zero attached hydrogens (tertiary/aromatic N) is 5. The average Bonchev–Trinajstić information content (AvgIpc) is 2.95. The van der Waals surface area contributed by atoms with E-state index in [0.717, 1.165) is 23.6 Å². The van der Waals surface area contributed by atoms with Gasteiger partial charge in [-0.2, -0.15) is 5.06 Å². The molecule has 218 valence electrons. The molecule has 0 amide bonds. The number of piperazine rings is 1. The first-order chi connectivity index (χ1) is 19.6. The number of halogens is 1. The summed E-state index contributed by atoms with van der Waals surface area (Å²) in [6.45, 7) is 11.6. The van der Waals surface area contributed by atoms with Gasteiger partial charge in [-0.25, -0.2) is 14.4 Å². The number of nitrogens with one attached hydrogen (secondary N) is 1. The maximum absolute atomic E-state index is 13.2. The van der Waals surface area contributed by atoms with Crippen molar-refractivity contribution in [2.24, 2.45) is 28.2 Å². The monoisotopic (exact) mass is 560 g/mol. The van der Waals surface area contributed by atoms with Crippen molar-refractivity contribution in [2.45, 2.75) is 65.6 Å². The molecule has 3 aromatic rings. The first-order valence-electron chi connectivity index (χ1n) is 14.9. The lowest BCUT2D eigenvalue weighted by Crippen LogP contribution is -2.57. The summed E-state index contributed by atoms with van der Waals surface area (Å²) in [5, 5.41) is 15.7. The number of aliphatic imine (C=N–C) groups is 1. The molecule has 5 atom stereocenters. The number of hydroxylamine groups is 2. The van der Waals surface area contributed by atoms with Crippen LogP contribution in [0.15, 0.2) is 58.6 Å². The van der Waals surface area contributed by atoms with Gasteiger partial charge in [0.15, 0.2) is 5.96 Å². The van der Waals surface area contributed by atoms with Gasteiger partial charge in [0.05, 0.1) is 23.3 Å². The van der Waals surface area contributed by atoms with E-state index in [2.05, 4.69) is 36.0 Å². The van der Waals surface area contributed by atoms with Crippen LogP contribution in [0.3, 0.4) is 0 Å². The topological polar surface area (TPSA) is 86.0 Å². The number of fused-ring (bicyclic) bond motifs is 3. The molecule has 2 heterocycles. The molecule has 2 bridgehead atoms. The Labute approximate surface area is 240 Å². The predicted octanol–water partition coefficient (Wildman–Crippen LogP) is 5.01. The zero-order valence-electron chi connectivity index (χ0n) is 24.4. The van der Waals surface area contributed by atoms with Crippen LogP contribution >= 0.6 is 0 Å². The lowest BCUT2D eigenvalue weighted by molar-refractivity contribution is -0.142. The van der Waals surface area contributed by atoms with Gasteiger partial charge in [0.2, 0.25) is 0 Å². The van der Waals surface area contributed by atoms with Crippen LogP contribution in [0.5, 0.6) is 0 Å². The summed E-state index contributed by atoms with van der Waals surface area (Å²) in [6, 6.07) is 12.3. The number of benzene rings is 2. The molecule has 1 aromatic heterocycles. The second kappa shape index (κ2) is 10.8. The Morgan fingerprint density at radius 2 is 1.93 bits per heavy atom. The Balaban J connectivity index is 1.24. The van der Waals surface area contributed by atoms with Gasteiger partial charge in [-0.1, -0.05) is 32.9 Å². The number of rotatable bonds is 5. The quantitative estimate of drug-likeness (QED) is 0.337. The fraction of sp³-hybridized carbons (Fsp3) is 0.531. The SMILES string of the molecule is C[C@@H]1C(N=C(Nc2ccc3c(=O)n(CCc4ccc(F)cc4)cnc3c2)N2CCN(O)[C@@H](C)C2)C[C@H]2C[C@H]1C2(C)C. The molecule has 1 saturated heterocycles. The molecular formula is C32H41FN6O2. The van der Waals surface area contributed by atoms with Crippen molar-refractivity contribution in [3.63, 3.8) is 0 Å². The van der Waals surface area contributed by atoms with E-state index in [1.54, 1.807) is 23.0 Å². The van der Waals surface area contributed by atoms with E-state index in [4.69, 9.17) is 4.99 Å². The molecule has 0 spiro atoms. The van der Waals surface area contributed by atoms with E-state index in [1.807, 2.05) is 25.1 Å². The molecule has 2 aromatic carbocycles. The standard InChI is InChI=1S/C32H41FN6O2/c1-20-18-37(13-14-39(20)41)31(36-28-16-23-15-27(21(28)2)32(23,3)4)35-25-9-10-26-29(17-25)34-19-38(30(26)40)12-11-22-5-7-24(33)8-6-22/h5-10,17,19-21,23,27-28,41H,11-16,18H2,1-4H3,(H,35,36)/t20-,21-,23+,27+,28?/m0/s1. The first kappa shape index (κ1) is 27.8. The second-order valence-corrected chi connectivity index (χ2v) is 12.9. The highest BCUT2D eigenvalue weighted by atomic mass is 19.1. The normalized spacial score (nSPS) is 28.0. The molecule has 41 heavy (non-hydrogen) atoms. The number of hydrogen-bond acceptors (Lipinski definition) is 5. The fourth-order valence-electron chi connectivity index (χ4n) is 7.21. The third kappa shape index (κ3) is 5.37. The van der Waals surface area contributed by atoms with Crippen LogP contribution in [0, 0.1) is 29.0 Å². The average molecular weight is 561 g/mol. The van der Waals surface area contributed by atoms with Gasteiger partial charge in [-0.15, -0.1) is 0 Å². The smallest absolute Gasteiger partial charge is 0.261 e. The van der Waals surface area contributed by atoms with Crippen molar-refractivity contribution in [3.05, 3.63) is 70.5 Å². The number of hydrogen-bond donors (Lipinski definition) is 2. The molecule has 4 aliphatic rings. The maximum atomic E-state index is 13.2. The third-order valence-corrected chi connectivity index (χ3v) is 10.1. The highest BCUT2D eigenvalue weighted by molar-refractivity contribution is 5.96. The summed E-state index contributed by atoms with van der Waals surface area (Å²) in [5.74, 6) is 2.47. The molecule has 1 aliphatic heterocycles. The first-order valence-corrected chi connectivity index (χ1v) is 14.9. The van der Waals surface area contributed by atoms with Gasteiger partial charge in [-0.05, 0) is 85.3 Å². The summed E-state index contributed by atoms with van der Waals surface area (Å²) in [4.78, 5) is 25.4. The Morgan fingerprint density at radius 1 is 1.15 bits per heavy atom. The molecule has 4 fully saturated rings. The van der Waals surface area contributed by atoms with Crippen LogP contribution in [-0.4, -0.2) is 62.4 Å². The van der Waals surface area contributed by atoms with Crippen molar-refractivity contribution in [1.82, 2.24) is 19.5 Å². The van der Waals surface area contributed by atoms with E-state index in [9.17, 15) is 14.4 Å². The van der Waals surface area contributed by atoms with Crippen LogP contribution in [0.25, 0.3) is 10.9 Å². The maximum Gasteiger partial charge on any atom is 0.261 e. The molecule has 3 saturated carbocycles. The number of aromatic nitrogens is 2.